The Labute approximate surface area is 188 Å². The molecule has 0 saturated carbocycles. The first-order chi connectivity index (χ1) is 15.3. The number of nitrogens with one attached hydrogen (secondary N) is 1. The van der Waals surface area contributed by atoms with Crippen LogP contribution in [-0.2, 0) is 6.42 Å². The van der Waals surface area contributed by atoms with E-state index in [-0.39, 0.29) is 17.7 Å². The van der Waals surface area contributed by atoms with Gasteiger partial charge in [0.15, 0.2) is 0 Å². The number of benzene rings is 3. The van der Waals surface area contributed by atoms with Crippen molar-refractivity contribution < 1.29 is 24.5 Å². The third-order valence-corrected chi connectivity index (χ3v) is 4.91. The number of aliphatic hydroxyl groups excluding tert-OH is 1. The number of carbonyl (C=O) groups is 1. The fourth-order valence-corrected chi connectivity index (χ4v) is 3.21. The van der Waals surface area contributed by atoms with E-state index in [2.05, 4.69) is 19.2 Å². The van der Waals surface area contributed by atoms with Crippen LogP contribution in [0.1, 0.15) is 29.8 Å². The second-order valence-electron chi connectivity index (χ2n) is 8.29. The van der Waals surface area contributed by atoms with E-state index < -0.39 is 12.1 Å². The van der Waals surface area contributed by atoms with Crippen LogP contribution in [0.3, 0.4) is 0 Å². The van der Waals surface area contributed by atoms with Gasteiger partial charge in [0.2, 0.25) is 0 Å². The van der Waals surface area contributed by atoms with Gasteiger partial charge in [-0.2, -0.15) is 0 Å². The molecule has 168 valence electrons. The number of aromatic carboxylic acids is 1. The van der Waals surface area contributed by atoms with Crippen LogP contribution in [0.4, 0.5) is 0 Å². The van der Waals surface area contributed by atoms with E-state index in [9.17, 15) is 9.90 Å². The molecule has 0 bridgehead atoms. The molecule has 3 aromatic rings. The summed E-state index contributed by atoms with van der Waals surface area (Å²) in [5.74, 6) is 1.03. The number of hydrogen-bond acceptors (Lipinski definition) is 5. The standard InChI is InChI=1S/C26H29NO5/c1-26(2,27-17-21(28)18-31-22-6-4-3-5-7-22)16-19-8-12-23(13-9-19)32-24-14-10-20(11-15-24)25(29)30/h3-15,21,27-28H,16-18H2,1-2H3,(H,29,30)/t21-/m0/s1. The maximum atomic E-state index is 10.9. The molecule has 6 nitrogen and oxygen atoms in total. The minimum atomic E-state index is -0.964. The Morgan fingerprint density at radius 2 is 1.50 bits per heavy atom. The van der Waals surface area contributed by atoms with Gasteiger partial charge in [-0.3, -0.25) is 0 Å². The number of β-amino-alcohol motifs (C(OH)–C–C–N with tert-alkyl or cyclic N) is 1. The number of aliphatic hydroxyl groups is 1. The molecule has 0 aromatic heterocycles. The van der Waals surface area contributed by atoms with Crippen LogP contribution in [-0.4, -0.2) is 41.0 Å². The predicted molar refractivity (Wildman–Crippen MR) is 124 cm³/mol. The minimum absolute atomic E-state index is 0.219. The highest BCUT2D eigenvalue weighted by molar-refractivity contribution is 5.87. The van der Waals surface area contributed by atoms with Crippen LogP contribution in [0.5, 0.6) is 17.2 Å². The van der Waals surface area contributed by atoms with Crippen LogP contribution < -0.4 is 14.8 Å². The second kappa shape index (κ2) is 10.8. The highest BCUT2D eigenvalue weighted by Crippen LogP contribution is 2.23. The number of carboxylic acids is 1. The lowest BCUT2D eigenvalue weighted by molar-refractivity contribution is 0.0697. The zero-order valence-corrected chi connectivity index (χ0v) is 18.3. The molecule has 3 aromatic carbocycles. The average Bonchev–Trinajstić information content (AvgIpc) is 2.78. The Kier molecular flexibility index (Phi) is 7.87. The van der Waals surface area contributed by atoms with Crippen molar-refractivity contribution in [2.24, 2.45) is 0 Å². The van der Waals surface area contributed by atoms with Gasteiger partial charge >= 0.3 is 5.97 Å². The lowest BCUT2D eigenvalue weighted by atomic mass is 9.94. The van der Waals surface area contributed by atoms with Gasteiger partial charge in [-0.25, -0.2) is 4.79 Å². The van der Waals surface area contributed by atoms with Gasteiger partial charge < -0.3 is 25.0 Å². The Bertz CT molecular complexity index is 985. The smallest absolute Gasteiger partial charge is 0.335 e. The summed E-state index contributed by atoms with van der Waals surface area (Å²) in [6.45, 7) is 4.83. The van der Waals surface area contributed by atoms with Gasteiger partial charge in [-0.15, -0.1) is 0 Å². The summed E-state index contributed by atoms with van der Waals surface area (Å²) in [5.41, 5.74) is 1.13. The van der Waals surface area contributed by atoms with Crippen molar-refractivity contribution in [2.75, 3.05) is 13.2 Å². The molecule has 0 aliphatic carbocycles. The molecule has 1 atom stereocenters. The van der Waals surface area contributed by atoms with E-state index in [1.54, 1.807) is 12.1 Å². The lowest BCUT2D eigenvalue weighted by Crippen LogP contribution is -2.46. The quantitative estimate of drug-likeness (QED) is 0.410. The number of ether oxygens (including phenoxy) is 2. The van der Waals surface area contributed by atoms with Crippen molar-refractivity contribution in [3.8, 4) is 17.2 Å². The fraction of sp³-hybridized carbons (Fsp3) is 0.269. The molecule has 0 saturated heterocycles. The molecule has 3 N–H and O–H groups in total. The summed E-state index contributed by atoms with van der Waals surface area (Å²) < 4.78 is 11.4. The highest BCUT2D eigenvalue weighted by atomic mass is 16.5. The minimum Gasteiger partial charge on any atom is -0.491 e. The van der Waals surface area contributed by atoms with Gasteiger partial charge in [0.05, 0.1) is 5.56 Å². The first-order valence-corrected chi connectivity index (χ1v) is 10.5. The molecule has 0 spiro atoms. The number of para-hydroxylation sites is 1. The first-order valence-electron chi connectivity index (χ1n) is 10.5. The van der Waals surface area contributed by atoms with Gasteiger partial charge in [0.25, 0.3) is 0 Å². The molecule has 0 radical (unpaired) electrons. The summed E-state index contributed by atoms with van der Waals surface area (Å²) in [5, 5.41) is 22.6. The third-order valence-electron chi connectivity index (χ3n) is 4.91. The van der Waals surface area contributed by atoms with Crippen molar-refractivity contribution in [3.05, 3.63) is 90.0 Å². The monoisotopic (exact) mass is 435 g/mol. The van der Waals surface area contributed by atoms with E-state index in [1.807, 2.05) is 54.6 Å². The lowest BCUT2D eigenvalue weighted by Gasteiger charge is -2.28. The summed E-state index contributed by atoms with van der Waals surface area (Å²) >= 11 is 0. The van der Waals surface area contributed by atoms with Crippen molar-refractivity contribution in [1.29, 1.82) is 0 Å². The van der Waals surface area contributed by atoms with Crippen molar-refractivity contribution >= 4 is 5.97 Å². The molecule has 32 heavy (non-hydrogen) atoms. The van der Waals surface area contributed by atoms with Gasteiger partial charge in [0, 0.05) is 12.1 Å². The highest BCUT2D eigenvalue weighted by Gasteiger charge is 2.19. The van der Waals surface area contributed by atoms with E-state index in [4.69, 9.17) is 14.6 Å². The van der Waals surface area contributed by atoms with Crippen LogP contribution in [0.25, 0.3) is 0 Å². The largest absolute Gasteiger partial charge is 0.491 e. The van der Waals surface area contributed by atoms with E-state index in [0.29, 0.717) is 18.0 Å². The van der Waals surface area contributed by atoms with Crippen molar-refractivity contribution in [1.82, 2.24) is 5.32 Å². The SMILES string of the molecule is CC(C)(Cc1ccc(Oc2ccc(C(=O)O)cc2)cc1)NC[C@H](O)COc1ccccc1. The van der Waals surface area contributed by atoms with Crippen molar-refractivity contribution in [3.63, 3.8) is 0 Å². The number of hydrogen-bond donors (Lipinski definition) is 3. The van der Waals surface area contributed by atoms with E-state index in [1.165, 1.54) is 12.1 Å². The summed E-state index contributed by atoms with van der Waals surface area (Å²) in [6.07, 6.45) is 0.158. The molecular weight excluding hydrogens is 406 g/mol. The summed E-state index contributed by atoms with van der Waals surface area (Å²) in [6, 6.07) is 23.5. The van der Waals surface area contributed by atoms with Gasteiger partial charge in [-0.05, 0) is 74.4 Å². The summed E-state index contributed by atoms with van der Waals surface area (Å²) in [4.78, 5) is 10.9. The Morgan fingerprint density at radius 1 is 0.906 bits per heavy atom. The molecule has 0 heterocycles. The van der Waals surface area contributed by atoms with Gasteiger partial charge in [-0.1, -0.05) is 30.3 Å². The first kappa shape index (κ1) is 23.3. The zero-order chi connectivity index (χ0) is 23.0. The summed E-state index contributed by atoms with van der Waals surface area (Å²) in [7, 11) is 0. The normalized spacial score (nSPS) is 12.2. The fourth-order valence-electron chi connectivity index (χ4n) is 3.21. The Balaban J connectivity index is 1.46. The molecule has 0 amide bonds. The van der Waals surface area contributed by atoms with Crippen molar-refractivity contribution in [2.45, 2.75) is 31.9 Å². The molecule has 0 aliphatic heterocycles. The second-order valence-corrected chi connectivity index (χ2v) is 8.29. The van der Waals surface area contributed by atoms with Crippen LogP contribution in [0.15, 0.2) is 78.9 Å². The maximum absolute atomic E-state index is 10.9. The molecule has 6 heteroatoms. The van der Waals surface area contributed by atoms with Gasteiger partial charge in [0.1, 0.15) is 30.0 Å². The molecule has 0 fully saturated rings. The topological polar surface area (TPSA) is 88.0 Å². The number of carboxylic acid groups (broad SMARTS) is 1. The Morgan fingerprint density at radius 3 is 2.09 bits per heavy atom. The van der Waals surface area contributed by atoms with Crippen LogP contribution in [0.2, 0.25) is 0 Å². The number of rotatable bonds is 11. The molecule has 3 rings (SSSR count). The third kappa shape index (κ3) is 7.41. The molecule has 0 aliphatic rings. The van der Waals surface area contributed by atoms with Crippen LogP contribution in [0, 0.1) is 0 Å². The van der Waals surface area contributed by atoms with E-state index in [0.717, 1.165) is 17.7 Å². The Hall–Kier alpha value is -3.35. The maximum Gasteiger partial charge on any atom is 0.335 e. The predicted octanol–water partition coefficient (Wildman–Crippen LogP) is 4.53. The van der Waals surface area contributed by atoms with Crippen LogP contribution >= 0.6 is 0 Å². The average molecular weight is 436 g/mol. The molecular formula is C26H29NO5. The molecule has 0 unspecified atom stereocenters. The van der Waals surface area contributed by atoms with E-state index >= 15 is 0 Å². The zero-order valence-electron chi connectivity index (χ0n) is 18.3.